The van der Waals surface area contributed by atoms with Crippen LogP contribution >= 0.6 is 0 Å². The summed E-state index contributed by atoms with van der Waals surface area (Å²) in [6, 6.07) is 0.830. The van der Waals surface area contributed by atoms with Crippen LogP contribution in [-0.2, 0) is 51.2 Å². The van der Waals surface area contributed by atoms with Crippen LogP contribution in [0, 0.1) is 5.92 Å². The van der Waals surface area contributed by atoms with E-state index >= 15 is 0 Å². The van der Waals surface area contributed by atoms with Crippen LogP contribution in [0.25, 0.3) is 0 Å². The van der Waals surface area contributed by atoms with Crippen LogP contribution in [0.4, 0.5) is 0 Å². The maximum atomic E-state index is 13.8. The Morgan fingerprint density at radius 2 is 1.26 bits per heavy atom. The van der Waals surface area contributed by atoms with Gasteiger partial charge in [-0.05, 0) is 64.5 Å². The predicted octanol–water partition coefficient (Wildman–Crippen LogP) is -2.13. The van der Waals surface area contributed by atoms with Gasteiger partial charge in [-0.1, -0.05) is 44.2 Å². The van der Waals surface area contributed by atoms with Gasteiger partial charge in [0.15, 0.2) is 0 Å². The van der Waals surface area contributed by atoms with E-state index in [1.54, 1.807) is 30.3 Å². The number of imidazole rings is 1. The number of amides is 7. The first-order chi connectivity index (χ1) is 27.4. The summed E-state index contributed by atoms with van der Waals surface area (Å²) in [6.45, 7) is 7.77. The van der Waals surface area contributed by atoms with Crippen molar-refractivity contribution in [3.8, 4) is 0 Å². The molecule has 0 radical (unpaired) electrons. The van der Waals surface area contributed by atoms with Gasteiger partial charge in [0, 0.05) is 24.7 Å². The molecule has 13 N–H and O–H groups in total. The van der Waals surface area contributed by atoms with Gasteiger partial charge in [-0.15, -0.1) is 0 Å². The molecule has 0 bridgehead atoms. The molecule has 0 aliphatic carbocycles. The minimum absolute atomic E-state index is 0.000673. The molecule has 0 aliphatic heterocycles. The molecule has 1 aromatic heterocycles. The van der Waals surface area contributed by atoms with Crippen LogP contribution in [0.1, 0.15) is 71.6 Å². The van der Waals surface area contributed by atoms with Gasteiger partial charge < -0.3 is 58.8 Å². The van der Waals surface area contributed by atoms with E-state index in [9.17, 15) is 43.5 Å². The molecule has 58 heavy (non-hydrogen) atoms. The number of carbonyl (C=O) groups excluding carboxylic acids is 7. The molecule has 0 spiro atoms. The first-order valence-electron chi connectivity index (χ1n) is 19.2. The molecule has 7 atom stereocenters. The van der Waals surface area contributed by atoms with Crippen molar-refractivity contribution in [3.63, 3.8) is 0 Å². The first kappa shape index (κ1) is 48.3. The molecule has 7 amide bonds. The largest absolute Gasteiger partial charge is 0.480 e. The van der Waals surface area contributed by atoms with Gasteiger partial charge in [-0.3, -0.25) is 33.6 Å². The average Bonchev–Trinajstić information content (AvgIpc) is 3.68. The number of nitrogens with two attached hydrogens (primary N) is 2. The Bertz CT molecular complexity index is 1670. The highest BCUT2D eigenvalue weighted by Crippen LogP contribution is 2.09. The summed E-state index contributed by atoms with van der Waals surface area (Å²) in [4.78, 5) is 110. The lowest BCUT2D eigenvalue weighted by Gasteiger charge is -2.26. The maximum absolute atomic E-state index is 13.8. The molecular formula is C38H59N11O9. The van der Waals surface area contributed by atoms with E-state index < -0.39 is 96.2 Å². The van der Waals surface area contributed by atoms with Crippen molar-refractivity contribution in [2.24, 2.45) is 17.4 Å². The molecule has 0 fully saturated rings. The van der Waals surface area contributed by atoms with Crippen LogP contribution in [0.15, 0.2) is 42.9 Å². The molecule has 1 heterocycles. The summed E-state index contributed by atoms with van der Waals surface area (Å²) in [5.74, 6) is -6.11. The second kappa shape index (κ2) is 24.7. The SMILES string of the molecule is CC(C)C[C@H](NC(=O)[C@H](C)N)C(=O)NCC(=O)N[C@@H](C)C(=O)N[C@@H](C)C(=O)N[C@@H](Cc1cnc[nH]1)C(=O)N[C@@H](Cc1ccccc1)C(=O)N[C@@H](CCCCN)C(=O)O. The summed E-state index contributed by atoms with van der Waals surface area (Å²) in [6.07, 6.45) is 4.16. The topological polar surface area (TPSA) is 322 Å². The maximum Gasteiger partial charge on any atom is 0.326 e. The number of carboxylic acid groups (broad SMARTS) is 1. The zero-order chi connectivity index (χ0) is 43.4. The Kier molecular flexibility index (Phi) is 20.5. The van der Waals surface area contributed by atoms with Gasteiger partial charge in [0.05, 0.1) is 18.9 Å². The second-order valence-corrected chi connectivity index (χ2v) is 14.5. The average molecular weight is 814 g/mol. The van der Waals surface area contributed by atoms with Gasteiger partial charge in [-0.25, -0.2) is 9.78 Å². The van der Waals surface area contributed by atoms with E-state index in [2.05, 4.69) is 47.2 Å². The third kappa shape index (κ3) is 17.5. The standard InChI is InChI=1S/C38H59N11O9/c1-21(2)15-28(47-32(51)22(3)40)35(54)42-19-31(50)44-23(4)33(52)45-24(5)34(53)48-30(17-26-18-41-20-43-26)37(56)49-29(16-25-11-7-6-8-12-25)36(55)46-27(38(57)58)13-9-10-14-39/h6-8,11-12,18,20-24,27-30H,9-10,13-17,19,39-40H2,1-5H3,(H,41,43)(H,42,54)(H,44,50)(H,45,52)(H,46,55)(H,47,51)(H,48,53)(H,49,56)(H,57,58)/t22-,23-,24-,27-,28-,29-,30-/m0/s1. The number of unbranched alkanes of at least 4 members (excludes halogenated alkanes) is 1. The van der Waals surface area contributed by atoms with E-state index in [1.807, 2.05) is 13.8 Å². The highest BCUT2D eigenvalue weighted by molar-refractivity contribution is 5.96. The summed E-state index contributed by atoms with van der Waals surface area (Å²) < 4.78 is 0. The van der Waals surface area contributed by atoms with E-state index in [-0.39, 0.29) is 25.2 Å². The van der Waals surface area contributed by atoms with Crippen molar-refractivity contribution < 1.29 is 43.5 Å². The lowest BCUT2D eigenvalue weighted by Crippen LogP contribution is -2.59. The number of aliphatic carboxylic acids is 1. The minimum Gasteiger partial charge on any atom is -0.480 e. The van der Waals surface area contributed by atoms with E-state index in [0.29, 0.717) is 37.1 Å². The Morgan fingerprint density at radius 1 is 0.690 bits per heavy atom. The quantitative estimate of drug-likeness (QED) is 0.0479. The fourth-order valence-corrected chi connectivity index (χ4v) is 5.53. The number of carbonyl (C=O) groups is 8. The van der Waals surface area contributed by atoms with Crippen LogP contribution < -0.4 is 48.7 Å². The van der Waals surface area contributed by atoms with Crippen LogP contribution in [-0.4, -0.2) is 118 Å². The van der Waals surface area contributed by atoms with Gasteiger partial charge in [0.1, 0.15) is 36.3 Å². The monoisotopic (exact) mass is 813 g/mol. The third-order valence-corrected chi connectivity index (χ3v) is 8.79. The smallest absolute Gasteiger partial charge is 0.326 e. The van der Waals surface area contributed by atoms with E-state index in [1.165, 1.54) is 33.3 Å². The number of carboxylic acids is 1. The lowest BCUT2D eigenvalue weighted by atomic mass is 10.0. The van der Waals surface area contributed by atoms with Crippen molar-refractivity contribution >= 4 is 47.3 Å². The number of aromatic amines is 1. The fraction of sp³-hybridized carbons (Fsp3) is 0.553. The molecule has 0 saturated carbocycles. The molecule has 320 valence electrons. The highest BCUT2D eigenvalue weighted by atomic mass is 16.4. The van der Waals surface area contributed by atoms with Crippen molar-refractivity contribution in [1.29, 1.82) is 0 Å². The number of rotatable bonds is 25. The number of benzene rings is 1. The summed E-state index contributed by atoms with van der Waals surface area (Å²) in [7, 11) is 0. The Hall–Kier alpha value is -5.89. The molecule has 2 aromatic rings. The minimum atomic E-state index is -1.30. The Balaban J connectivity index is 2.11. The van der Waals surface area contributed by atoms with Crippen LogP contribution in [0.3, 0.4) is 0 Å². The third-order valence-electron chi connectivity index (χ3n) is 8.79. The summed E-state index contributed by atoms with van der Waals surface area (Å²) in [5, 5.41) is 27.4. The summed E-state index contributed by atoms with van der Waals surface area (Å²) in [5.41, 5.74) is 12.3. The highest BCUT2D eigenvalue weighted by Gasteiger charge is 2.32. The second-order valence-electron chi connectivity index (χ2n) is 14.5. The van der Waals surface area contributed by atoms with Gasteiger partial charge in [-0.2, -0.15) is 0 Å². The fourth-order valence-electron chi connectivity index (χ4n) is 5.53. The van der Waals surface area contributed by atoms with Crippen molar-refractivity contribution in [1.82, 2.24) is 47.2 Å². The van der Waals surface area contributed by atoms with Gasteiger partial charge >= 0.3 is 5.97 Å². The molecule has 0 aliphatic rings. The molecule has 2 rings (SSSR count). The molecular weight excluding hydrogens is 754 g/mol. The molecule has 1 aromatic carbocycles. The molecule has 20 nitrogen and oxygen atoms in total. The molecule has 0 unspecified atom stereocenters. The number of H-pyrrole nitrogens is 1. The van der Waals surface area contributed by atoms with Crippen LogP contribution in [0.2, 0.25) is 0 Å². The zero-order valence-corrected chi connectivity index (χ0v) is 33.6. The van der Waals surface area contributed by atoms with Crippen LogP contribution in [0.5, 0.6) is 0 Å². The Morgan fingerprint density at radius 3 is 1.83 bits per heavy atom. The Labute approximate surface area is 337 Å². The van der Waals surface area contributed by atoms with E-state index in [4.69, 9.17) is 11.5 Å². The van der Waals surface area contributed by atoms with Gasteiger partial charge in [0.25, 0.3) is 0 Å². The number of nitrogens with one attached hydrogen (secondary N) is 8. The number of hydrogen-bond donors (Lipinski definition) is 11. The van der Waals surface area contributed by atoms with Gasteiger partial charge in [0.2, 0.25) is 41.4 Å². The number of hydrogen-bond acceptors (Lipinski definition) is 11. The lowest BCUT2D eigenvalue weighted by molar-refractivity contribution is -0.142. The first-order valence-corrected chi connectivity index (χ1v) is 19.2. The molecule has 20 heteroatoms. The zero-order valence-electron chi connectivity index (χ0n) is 33.6. The molecule has 0 saturated heterocycles. The normalized spacial score (nSPS) is 14.6. The van der Waals surface area contributed by atoms with Crippen molar-refractivity contribution in [2.45, 2.75) is 115 Å². The number of nitrogens with zero attached hydrogens (tertiary/aromatic N) is 1. The van der Waals surface area contributed by atoms with E-state index in [0.717, 1.165) is 0 Å². The predicted molar refractivity (Wildman–Crippen MR) is 212 cm³/mol. The van der Waals surface area contributed by atoms with Crippen molar-refractivity contribution in [3.05, 3.63) is 54.1 Å². The van der Waals surface area contributed by atoms with Crippen molar-refractivity contribution in [2.75, 3.05) is 13.1 Å². The number of aromatic nitrogens is 2. The summed E-state index contributed by atoms with van der Waals surface area (Å²) >= 11 is 0.